The molecule has 0 atom stereocenters. The number of hydrogen-bond donors (Lipinski definition) is 1. The number of amides is 1. The van der Waals surface area contributed by atoms with Gasteiger partial charge in [-0.25, -0.2) is 0 Å². The minimum absolute atomic E-state index is 0.0829. The minimum atomic E-state index is -4.76. The second-order valence-corrected chi connectivity index (χ2v) is 6.79. The van der Waals surface area contributed by atoms with Crippen LogP contribution in [0.4, 0.5) is 18.3 Å². The van der Waals surface area contributed by atoms with Crippen LogP contribution < -0.4 is 10.1 Å². The molecule has 0 saturated heterocycles. The smallest absolute Gasteiger partial charge is 0.406 e. The first-order valence-corrected chi connectivity index (χ1v) is 9.14. The van der Waals surface area contributed by atoms with Crippen molar-refractivity contribution in [1.82, 2.24) is 10.2 Å². The number of hydrogen-bond acceptors (Lipinski definition) is 5. The Labute approximate surface area is 153 Å². The Morgan fingerprint density at radius 2 is 2.04 bits per heavy atom. The summed E-state index contributed by atoms with van der Waals surface area (Å²) in [4.78, 5) is 12.1. The van der Waals surface area contributed by atoms with Crippen LogP contribution in [0.2, 0.25) is 0 Å². The van der Waals surface area contributed by atoms with Crippen LogP contribution in [0, 0.1) is 0 Å². The lowest BCUT2D eigenvalue weighted by molar-refractivity contribution is -0.274. The summed E-state index contributed by atoms with van der Waals surface area (Å²) < 4.78 is 40.6. The molecule has 26 heavy (non-hydrogen) atoms. The SMILES string of the molecule is CCCCCCc1nnc(NC(=O)Cc2cccc(OC(F)(F)F)c2)s1. The molecule has 1 aromatic heterocycles. The van der Waals surface area contributed by atoms with Crippen molar-refractivity contribution in [2.75, 3.05) is 5.32 Å². The Morgan fingerprint density at radius 3 is 2.77 bits per heavy atom. The lowest BCUT2D eigenvalue weighted by atomic mass is 10.1. The summed E-state index contributed by atoms with van der Waals surface area (Å²) >= 11 is 1.31. The number of anilines is 1. The second-order valence-electron chi connectivity index (χ2n) is 5.73. The average molecular weight is 387 g/mol. The number of benzene rings is 1. The van der Waals surface area contributed by atoms with E-state index in [9.17, 15) is 18.0 Å². The lowest BCUT2D eigenvalue weighted by Gasteiger charge is -2.09. The van der Waals surface area contributed by atoms with E-state index < -0.39 is 6.36 Å². The first-order valence-electron chi connectivity index (χ1n) is 8.32. The summed E-state index contributed by atoms with van der Waals surface area (Å²) in [6.07, 6.45) is 0.481. The summed E-state index contributed by atoms with van der Waals surface area (Å²) in [7, 11) is 0. The summed E-state index contributed by atoms with van der Waals surface area (Å²) in [5.41, 5.74) is 0.411. The first kappa shape index (κ1) is 20.2. The van der Waals surface area contributed by atoms with Gasteiger partial charge in [-0.15, -0.1) is 23.4 Å². The molecule has 2 aromatic rings. The number of carbonyl (C=O) groups is 1. The number of rotatable bonds is 9. The van der Waals surface area contributed by atoms with Crippen molar-refractivity contribution in [2.24, 2.45) is 0 Å². The zero-order valence-corrected chi connectivity index (χ0v) is 15.1. The van der Waals surface area contributed by atoms with Gasteiger partial charge in [-0.05, 0) is 24.1 Å². The highest BCUT2D eigenvalue weighted by Crippen LogP contribution is 2.24. The van der Waals surface area contributed by atoms with Gasteiger partial charge in [0.2, 0.25) is 11.0 Å². The Bertz CT molecular complexity index is 719. The Hall–Kier alpha value is -2.16. The number of nitrogens with zero attached hydrogens (tertiary/aromatic N) is 2. The Balaban J connectivity index is 1.85. The molecule has 1 aromatic carbocycles. The maximum atomic E-state index is 12.2. The van der Waals surface area contributed by atoms with Gasteiger partial charge in [-0.3, -0.25) is 4.79 Å². The summed E-state index contributed by atoms with van der Waals surface area (Å²) in [5.74, 6) is -0.726. The Morgan fingerprint density at radius 1 is 1.23 bits per heavy atom. The predicted molar refractivity (Wildman–Crippen MR) is 93.2 cm³/mol. The molecule has 0 radical (unpaired) electrons. The van der Waals surface area contributed by atoms with Crippen LogP contribution in [0.3, 0.4) is 0 Å². The van der Waals surface area contributed by atoms with Gasteiger partial charge in [-0.1, -0.05) is 49.7 Å². The van der Waals surface area contributed by atoms with E-state index in [1.54, 1.807) is 6.07 Å². The van der Waals surface area contributed by atoms with E-state index >= 15 is 0 Å². The molecule has 1 N–H and O–H groups in total. The lowest BCUT2D eigenvalue weighted by Crippen LogP contribution is -2.17. The van der Waals surface area contributed by atoms with Crippen LogP contribution in [0.25, 0.3) is 0 Å². The maximum absolute atomic E-state index is 12.2. The number of nitrogens with one attached hydrogen (secondary N) is 1. The van der Waals surface area contributed by atoms with Gasteiger partial charge in [0.05, 0.1) is 6.42 Å². The van der Waals surface area contributed by atoms with Crippen LogP contribution >= 0.6 is 11.3 Å². The number of aryl methyl sites for hydroxylation is 1. The molecule has 0 unspecified atom stereocenters. The van der Waals surface area contributed by atoms with Gasteiger partial charge in [0.1, 0.15) is 10.8 Å². The van der Waals surface area contributed by atoms with Crippen LogP contribution in [-0.2, 0) is 17.6 Å². The van der Waals surface area contributed by atoms with Crippen LogP contribution in [0.1, 0.15) is 43.2 Å². The fourth-order valence-electron chi connectivity index (χ4n) is 2.31. The quantitative estimate of drug-likeness (QED) is 0.631. The van der Waals surface area contributed by atoms with Crippen molar-refractivity contribution in [1.29, 1.82) is 0 Å². The highest BCUT2D eigenvalue weighted by Gasteiger charge is 2.31. The molecule has 0 saturated carbocycles. The first-order chi connectivity index (χ1) is 12.4. The van der Waals surface area contributed by atoms with Gasteiger partial charge >= 0.3 is 6.36 Å². The van der Waals surface area contributed by atoms with Crippen molar-refractivity contribution in [3.05, 3.63) is 34.8 Å². The van der Waals surface area contributed by atoms with Gasteiger partial charge < -0.3 is 10.1 Å². The zero-order chi connectivity index (χ0) is 19.0. The van der Waals surface area contributed by atoms with Crippen molar-refractivity contribution < 1.29 is 22.7 Å². The number of aromatic nitrogens is 2. The minimum Gasteiger partial charge on any atom is -0.406 e. The number of ether oxygens (including phenoxy) is 1. The average Bonchev–Trinajstić information content (AvgIpc) is 2.97. The largest absolute Gasteiger partial charge is 0.573 e. The zero-order valence-electron chi connectivity index (χ0n) is 14.3. The molecule has 0 fully saturated rings. The molecule has 0 bridgehead atoms. The van der Waals surface area contributed by atoms with Gasteiger partial charge in [0.15, 0.2) is 0 Å². The maximum Gasteiger partial charge on any atom is 0.573 e. The van der Waals surface area contributed by atoms with E-state index in [2.05, 4.69) is 27.2 Å². The molecule has 0 aliphatic heterocycles. The normalized spacial score (nSPS) is 11.4. The molecule has 0 spiro atoms. The molecular weight excluding hydrogens is 367 g/mol. The van der Waals surface area contributed by atoms with Crippen LogP contribution in [-0.4, -0.2) is 22.5 Å². The third-order valence-electron chi connectivity index (χ3n) is 3.45. The van der Waals surface area contributed by atoms with Gasteiger partial charge in [0, 0.05) is 6.42 Å². The molecule has 0 aliphatic carbocycles. The topological polar surface area (TPSA) is 64.1 Å². The molecule has 1 heterocycles. The summed E-state index contributed by atoms with van der Waals surface area (Å²) in [5, 5.41) is 11.8. The summed E-state index contributed by atoms with van der Waals surface area (Å²) in [6.45, 7) is 2.14. The van der Waals surface area contributed by atoms with E-state index in [-0.39, 0.29) is 18.1 Å². The number of halogens is 3. The highest BCUT2D eigenvalue weighted by atomic mass is 32.1. The standard InChI is InChI=1S/C17H20F3N3O2S/c1-2-3-4-5-9-15-22-23-16(26-15)21-14(24)11-12-7-6-8-13(10-12)25-17(18,19)20/h6-8,10H,2-5,9,11H2,1H3,(H,21,23,24). The van der Waals surface area contributed by atoms with E-state index in [4.69, 9.17) is 0 Å². The molecule has 0 aliphatic rings. The third kappa shape index (κ3) is 7.38. The van der Waals surface area contributed by atoms with Crippen LogP contribution in [0.15, 0.2) is 24.3 Å². The van der Waals surface area contributed by atoms with E-state index in [1.807, 2.05) is 0 Å². The Kier molecular flexibility index (Phi) is 7.38. The molecule has 5 nitrogen and oxygen atoms in total. The van der Waals surface area contributed by atoms with Gasteiger partial charge in [-0.2, -0.15) is 0 Å². The van der Waals surface area contributed by atoms with Crippen molar-refractivity contribution >= 4 is 22.4 Å². The molecule has 9 heteroatoms. The predicted octanol–water partition coefficient (Wildman–Crippen LogP) is 4.74. The monoisotopic (exact) mass is 387 g/mol. The van der Waals surface area contributed by atoms with E-state index in [0.717, 1.165) is 30.7 Å². The van der Waals surface area contributed by atoms with E-state index in [1.165, 1.54) is 36.0 Å². The highest BCUT2D eigenvalue weighted by molar-refractivity contribution is 7.15. The third-order valence-corrected chi connectivity index (χ3v) is 4.35. The van der Waals surface area contributed by atoms with E-state index in [0.29, 0.717) is 10.7 Å². The van der Waals surface area contributed by atoms with Crippen molar-refractivity contribution in [3.63, 3.8) is 0 Å². The molecule has 142 valence electrons. The summed E-state index contributed by atoms with van der Waals surface area (Å²) in [6, 6.07) is 5.34. The van der Waals surface area contributed by atoms with Crippen molar-refractivity contribution in [3.8, 4) is 5.75 Å². The number of carbonyl (C=O) groups excluding carboxylic acids is 1. The second kappa shape index (κ2) is 9.51. The number of unbranched alkanes of at least 4 members (excludes halogenated alkanes) is 3. The molecule has 2 rings (SSSR count). The van der Waals surface area contributed by atoms with Crippen molar-refractivity contribution in [2.45, 2.75) is 51.8 Å². The fraction of sp³-hybridized carbons (Fsp3) is 0.471. The number of alkyl halides is 3. The van der Waals surface area contributed by atoms with Gasteiger partial charge in [0.25, 0.3) is 0 Å². The molecule has 1 amide bonds. The molecular formula is C17H20F3N3O2S. The fourth-order valence-corrected chi connectivity index (χ4v) is 3.11. The van der Waals surface area contributed by atoms with Crippen LogP contribution in [0.5, 0.6) is 5.75 Å².